The van der Waals surface area contributed by atoms with Gasteiger partial charge in [-0.3, -0.25) is 4.79 Å². The first-order chi connectivity index (χ1) is 12.5. The van der Waals surface area contributed by atoms with Crippen molar-refractivity contribution in [2.45, 2.75) is 26.5 Å². The molecule has 2 rings (SSSR count). The molecular weight excluding hydrogens is 334 g/mol. The number of benzene rings is 2. The van der Waals surface area contributed by atoms with Gasteiger partial charge in [0.05, 0.1) is 21.3 Å². The molecule has 0 aromatic heterocycles. The zero-order valence-corrected chi connectivity index (χ0v) is 15.8. The molecule has 26 heavy (non-hydrogen) atoms. The van der Waals surface area contributed by atoms with Crippen molar-refractivity contribution < 1.29 is 23.7 Å². The molecule has 0 heterocycles. The van der Waals surface area contributed by atoms with E-state index in [2.05, 4.69) is 5.32 Å². The second kappa shape index (κ2) is 8.99. The summed E-state index contributed by atoms with van der Waals surface area (Å²) in [6, 6.07) is 11.2. The summed E-state index contributed by atoms with van der Waals surface area (Å²) in [5.74, 6) is 2.03. The molecule has 6 heteroatoms. The van der Waals surface area contributed by atoms with Crippen molar-refractivity contribution in [2.75, 3.05) is 21.3 Å². The van der Waals surface area contributed by atoms with E-state index < -0.39 is 6.10 Å². The summed E-state index contributed by atoms with van der Waals surface area (Å²) < 4.78 is 21.7. The summed E-state index contributed by atoms with van der Waals surface area (Å²) in [7, 11) is 4.65. The Morgan fingerprint density at radius 3 is 2.38 bits per heavy atom. The number of aryl methyl sites for hydroxylation is 1. The van der Waals surface area contributed by atoms with E-state index in [1.807, 2.05) is 37.3 Å². The van der Waals surface area contributed by atoms with Crippen LogP contribution in [0.5, 0.6) is 23.0 Å². The Kier molecular flexibility index (Phi) is 6.72. The van der Waals surface area contributed by atoms with E-state index in [1.165, 1.54) is 0 Å². The molecule has 1 N–H and O–H groups in total. The third-order valence-electron chi connectivity index (χ3n) is 3.91. The lowest BCUT2D eigenvalue weighted by Crippen LogP contribution is -2.36. The maximum atomic E-state index is 12.3. The molecule has 0 aliphatic rings. The molecular formula is C20H25NO5. The van der Waals surface area contributed by atoms with Crippen molar-refractivity contribution >= 4 is 5.91 Å². The van der Waals surface area contributed by atoms with E-state index in [0.717, 1.165) is 11.1 Å². The number of nitrogens with one attached hydrogen (secondary N) is 1. The van der Waals surface area contributed by atoms with Crippen molar-refractivity contribution in [2.24, 2.45) is 0 Å². The second-order valence-electron chi connectivity index (χ2n) is 5.79. The molecule has 0 aliphatic carbocycles. The van der Waals surface area contributed by atoms with Crippen LogP contribution in [0.15, 0.2) is 36.4 Å². The van der Waals surface area contributed by atoms with Gasteiger partial charge >= 0.3 is 0 Å². The van der Waals surface area contributed by atoms with Crippen molar-refractivity contribution in [1.29, 1.82) is 0 Å². The highest BCUT2D eigenvalue weighted by Gasteiger charge is 2.18. The molecule has 1 atom stereocenters. The van der Waals surface area contributed by atoms with Gasteiger partial charge in [0.1, 0.15) is 5.75 Å². The van der Waals surface area contributed by atoms with Crippen LogP contribution in [0, 0.1) is 6.92 Å². The molecule has 0 saturated heterocycles. The Bertz CT molecular complexity index is 760. The standard InChI is InChI=1S/C20H25NO5/c1-13-7-6-8-16(11-13)26-14(2)20(22)21-12-15-9-10-17(23-3)19(25-5)18(15)24-4/h6-11,14H,12H2,1-5H3,(H,21,22)/t14-/m1/s1. The topological polar surface area (TPSA) is 66.0 Å². The van der Waals surface area contributed by atoms with Crippen molar-refractivity contribution in [1.82, 2.24) is 5.32 Å². The minimum Gasteiger partial charge on any atom is -0.493 e. The van der Waals surface area contributed by atoms with Gasteiger partial charge in [0.25, 0.3) is 5.91 Å². The van der Waals surface area contributed by atoms with Crippen LogP contribution in [-0.4, -0.2) is 33.3 Å². The first-order valence-electron chi connectivity index (χ1n) is 8.29. The number of hydrogen-bond donors (Lipinski definition) is 1. The largest absolute Gasteiger partial charge is 0.493 e. The average Bonchev–Trinajstić information content (AvgIpc) is 2.64. The lowest BCUT2D eigenvalue weighted by Gasteiger charge is -2.18. The molecule has 0 radical (unpaired) electrons. The Morgan fingerprint density at radius 2 is 1.77 bits per heavy atom. The van der Waals surface area contributed by atoms with E-state index in [9.17, 15) is 4.79 Å². The van der Waals surface area contributed by atoms with E-state index in [-0.39, 0.29) is 12.5 Å². The van der Waals surface area contributed by atoms with Crippen LogP contribution < -0.4 is 24.3 Å². The van der Waals surface area contributed by atoms with Crippen molar-refractivity contribution in [3.8, 4) is 23.0 Å². The number of ether oxygens (including phenoxy) is 4. The van der Waals surface area contributed by atoms with Crippen LogP contribution in [0.3, 0.4) is 0 Å². The third kappa shape index (κ3) is 4.59. The lowest BCUT2D eigenvalue weighted by atomic mass is 10.1. The Balaban J connectivity index is 2.04. The number of methoxy groups -OCH3 is 3. The first kappa shape index (κ1) is 19.4. The normalized spacial score (nSPS) is 11.4. The smallest absolute Gasteiger partial charge is 0.261 e. The Labute approximate surface area is 154 Å². The van der Waals surface area contributed by atoms with Crippen LogP contribution in [0.4, 0.5) is 0 Å². The number of rotatable bonds is 8. The number of hydrogen-bond acceptors (Lipinski definition) is 5. The highest BCUT2D eigenvalue weighted by atomic mass is 16.5. The molecule has 2 aromatic carbocycles. The van der Waals surface area contributed by atoms with Gasteiger partial charge < -0.3 is 24.3 Å². The average molecular weight is 359 g/mol. The monoisotopic (exact) mass is 359 g/mol. The van der Waals surface area contributed by atoms with Gasteiger partial charge in [0.2, 0.25) is 5.75 Å². The maximum Gasteiger partial charge on any atom is 0.261 e. The van der Waals surface area contributed by atoms with Gasteiger partial charge in [-0.05, 0) is 43.7 Å². The third-order valence-corrected chi connectivity index (χ3v) is 3.91. The van der Waals surface area contributed by atoms with Gasteiger partial charge in [-0.2, -0.15) is 0 Å². The quantitative estimate of drug-likeness (QED) is 0.784. The zero-order valence-electron chi connectivity index (χ0n) is 15.8. The second-order valence-corrected chi connectivity index (χ2v) is 5.79. The zero-order chi connectivity index (χ0) is 19.1. The summed E-state index contributed by atoms with van der Waals surface area (Å²) in [6.45, 7) is 3.97. The van der Waals surface area contributed by atoms with Crippen LogP contribution in [0.2, 0.25) is 0 Å². The van der Waals surface area contributed by atoms with Gasteiger partial charge in [-0.15, -0.1) is 0 Å². The molecule has 2 aromatic rings. The van der Waals surface area contributed by atoms with Crippen LogP contribution in [0.1, 0.15) is 18.1 Å². The summed E-state index contributed by atoms with van der Waals surface area (Å²) in [5.41, 5.74) is 1.85. The first-order valence-corrected chi connectivity index (χ1v) is 8.29. The number of amides is 1. The maximum absolute atomic E-state index is 12.3. The minimum atomic E-state index is -0.622. The van der Waals surface area contributed by atoms with Gasteiger partial charge in [0.15, 0.2) is 17.6 Å². The molecule has 0 spiro atoms. The number of carbonyl (C=O) groups is 1. The summed E-state index contributed by atoms with van der Waals surface area (Å²) in [6.07, 6.45) is -0.622. The van der Waals surface area contributed by atoms with Crippen LogP contribution in [0.25, 0.3) is 0 Å². The van der Waals surface area contributed by atoms with E-state index in [4.69, 9.17) is 18.9 Å². The Morgan fingerprint density at radius 1 is 1.04 bits per heavy atom. The van der Waals surface area contributed by atoms with Crippen molar-refractivity contribution in [3.05, 3.63) is 47.5 Å². The predicted molar refractivity (Wildman–Crippen MR) is 99.2 cm³/mol. The van der Waals surface area contributed by atoms with Gasteiger partial charge in [0, 0.05) is 12.1 Å². The van der Waals surface area contributed by atoms with E-state index in [1.54, 1.807) is 34.3 Å². The van der Waals surface area contributed by atoms with Gasteiger partial charge in [-0.1, -0.05) is 12.1 Å². The lowest BCUT2D eigenvalue weighted by molar-refractivity contribution is -0.127. The fourth-order valence-corrected chi connectivity index (χ4v) is 2.57. The molecule has 140 valence electrons. The molecule has 1 amide bonds. The highest BCUT2D eigenvalue weighted by Crippen LogP contribution is 2.39. The van der Waals surface area contributed by atoms with E-state index >= 15 is 0 Å². The minimum absolute atomic E-state index is 0.219. The predicted octanol–water partition coefficient (Wildman–Crippen LogP) is 3.10. The summed E-state index contributed by atoms with van der Waals surface area (Å²) >= 11 is 0. The summed E-state index contributed by atoms with van der Waals surface area (Å²) in [5, 5.41) is 2.86. The summed E-state index contributed by atoms with van der Waals surface area (Å²) in [4.78, 5) is 12.3. The van der Waals surface area contributed by atoms with Crippen LogP contribution >= 0.6 is 0 Å². The Hall–Kier alpha value is -2.89. The highest BCUT2D eigenvalue weighted by molar-refractivity contribution is 5.80. The molecule has 6 nitrogen and oxygen atoms in total. The molecule has 0 aliphatic heterocycles. The SMILES string of the molecule is COc1ccc(CNC(=O)[C@@H](C)Oc2cccc(C)c2)c(OC)c1OC. The molecule has 0 bridgehead atoms. The molecule has 0 fully saturated rings. The fourth-order valence-electron chi connectivity index (χ4n) is 2.57. The molecule has 0 saturated carbocycles. The van der Waals surface area contributed by atoms with Gasteiger partial charge in [-0.25, -0.2) is 0 Å². The van der Waals surface area contributed by atoms with E-state index in [0.29, 0.717) is 23.0 Å². The van der Waals surface area contributed by atoms with Crippen molar-refractivity contribution in [3.63, 3.8) is 0 Å². The van der Waals surface area contributed by atoms with Crippen LogP contribution in [-0.2, 0) is 11.3 Å². The number of carbonyl (C=O) groups excluding carboxylic acids is 1. The molecule has 0 unspecified atom stereocenters. The fraction of sp³-hybridized carbons (Fsp3) is 0.350.